The van der Waals surface area contributed by atoms with Crippen molar-refractivity contribution in [3.63, 3.8) is 0 Å². The van der Waals surface area contributed by atoms with Gasteiger partial charge in [-0.3, -0.25) is 9.69 Å². The van der Waals surface area contributed by atoms with Gasteiger partial charge < -0.3 is 19.4 Å². The number of hydrogen-bond donors (Lipinski definition) is 1. The fourth-order valence-corrected chi connectivity index (χ4v) is 4.24. The van der Waals surface area contributed by atoms with Crippen LogP contribution in [0.4, 0.5) is 5.69 Å². The highest BCUT2D eigenvalue weighted by Crippen LogP contribution is 2.43. The van der Waals surface area contributed by atoms with Gasteiger partial charge in [0.25, 0.3) is 5.91 Å². The molecule has 36 heavy (non-hydrogen) atoms. The second kappa shape index (κ2) is 10.8. The zero-order valence-corrected chi connectivity index (χ0v) is 20.2. The Bertz CT molecular complexity index is 1300. The number of rotatable bonds is 8. The normalized spacial score (nSPS) is 15.8. The largest absolute Gasteiger partial charge is 0.497 e. The van der Waals surface area contributed by atoms with Gasteiger partial charge in [-0.25, -0.2) is 4.79 Å². The number of benzene rings is 3. The van der Waals surface area contributed by atoms with Gasteiger partial charge in [0.2, 0.25) is 0 Å². The third-order valence-corrected chi connectivity index (χ3v) is 5.88. The molecular formula is C28H26N2O6. The second-order valence-corrected chi connectivity index (χ2v) is 7.88. The van der Waals surface area contributed by atoms with Crippen molar-refractivity contribution in [1.82, 2.24) is 0 Å². The van der Waals surface area contributed by atoms with Crippen LogP contribution in [-0.4, -0.2) is 43.6 Å². The van der Waals surface area contributed by atoms with Crippen LogP contribution in [0.2, 0.25) is 0 Å². The molecule has 184 valence electrons. The fourth-order valence-electron chi connectivity index (χ4n) is 4.24. The molecule has 8 nitrogen and oxygen atoms in total. The number of anilines is 1. The lowest BCUT2D eigenvalue weighted by Crippen LogP contribution is -2.31. The van der Waals surface area contributed by atoms with E-state index in [2.05, 4.69) is 5.16 Å². The minimum absolute atomic E-state index is 0.0574. The summed E-state index contributed by atoms with van der Waals surface area (Å²) in [6.07, 6.45) is 0. The Morgan fingerprint density at radius 2 is 1.56 bits per heavy atom. The zero-order chi connectivity index (χ0) is 25.7. The molecule has 1 aliphatic rings. The first-order valence-corrected chi connectivity index (χ1v) is 11.3. The van der Waals surface area contributed by atoms with Crippen molar-refractivity contribution in [1.29, 1.82) is 0 Å². The molecule has 1 heterocycles. The third-order valence-electron chi connectivity index (χ3n) is 5.88. The second-order valence-electron chi connectivity index (χ2n) is 7.88. The highest BCUT2D eigenvalue weighted by molar-refractivity contribution is 6.23. The topological polar surface area (TPSA) is 97.7 Å². The number of oxime groups is 1. The van der Waals surface area contributed by atoms with E-state index in [1.165, 1.54) is 7.11 Å². The quantitative estimate of drug-likeness (QED) is 0.214. The van der Waals surface area contributed by atoms with Crippen LogP contribution < -0.4 is 9.64 Å². The van der Waals surface area contributed by atoms with Gasteiger partial charge in [0.15, 0.2) is 5.76 Å². The van der Waals surface area contributed by atoms with E-state index in [1.54, 1.807) is 67.5 Å². The van der Waals surface area contributed by atoms with E-state index in [9.17, 15) is 14.8 Å². The smallest absolute Gasteiger partial charge is 0.338 e. The maximum absolute atomic E-state index is 13.7. The van der Waals surface area contributed by atoms with E-state index in [0.29, 0.717) is 28.1 Å². The summed E-state index contributed by atoms with van der Waals surface area (Å²) < 4.78 is 15.9. The van der Waals surface area contributed by atoms with E-state index in [1.807, 2.05) is 30.3 Å². The van der Waals surface area contributed by atoms with Crippen molar-refractivity contribution in [3.05, 3.63) is 107 Å². The molecule has 3 aromatic carbocycles. The van der Waals surface area contributed by atoms with Gasteiger partial charge in [0, 0.05) is 11.3 Å². The minimum atomic E-state index is -0.657. The Hall–Kier alpha value is -4.59. The Morgan fingerprint density at radius 3 is 2.11 bits per heavy atom. The van der Waals surface area contributed by atoms with E-state index >= 15 is 0 Å². The van der Waals surface area contributed by atoms with Crippen LogP contribution in [0.25, 0.3) is 0 Å². The average Bonchev–Trinajstić information content (AvgIpc) is 3.21. The first-order valence-electron chi connectivity index (χ1n) is 11.3. The van der Waals surface area contributed by atoms with Crippen molar-refractivity contribution in [3.8, 4) is 5.75 Å². The zero-order valence-electron chi connectivity index (χ0n) is 20.2. The van der Waals surface area contributed by atoms with Crippen LogP contribution >= 0.6 is 0 Å². The Labute approximate surface area is 209 Å². The number of nitrogens with zero attached hydrogens (tertiary/aromatic N) is 2. The van der Waals surface area contributed by atoms with Crippen LogP contribution in [0.3, 0.4) is 0 Å². The van der Waals surface area contributed by atoms with Crippen LogP contribution in [-0.2, 0) is 14.3 Å². The SMILES string of the molecule is CCOC(=O)c1ccc(N2C(=O)C(OC)=C(C(=NO)c3ccc(OC)cc3)C2c2ccccc2)cc1. The molecule has 0 aliphatic carbocycles. The van der Waals surface area contributed by atoms with E-state index in [-0.39, 0.29) is 18.1 Å². The molecule has 0 radical (unpaired) electrons. The summed E-state index contributed by atoms with van der Waals surface area (Å²) in [4.78, 5) is 27.4. The summed E-state index contributed by atoms with van der Waals surface area (Å²) in [6.45, 7) is 2.00. The van der Waals surface area contributed by atoms with Gasteiger partial charge in [0.1, 0.15) is 11.5 Å². The molecule has 0 fully saturated rings. The molecule has 0 aromatic heterocycles. The molecular weight excluding hydrogens is 460 g/mol. The standard InChI is InChI=1S/C28H26N2O6/c1-4-36-28(32)20-10-14-21(15-11-20)30-25(19-8-6-5-7-9-19)23(26(35-3)27(30)31)24(29-33)18-12-16-22(34-2)17-13-18/h5-17,25,33H,4H2,1-3H3. The molecule has 1 atom stereocenters. The molecule has 3 aromatic rings. The van der Waals surface area contributed by atoms with Gasteiger partial charge in [-0.05, 0) is 61.0 Å². The summed E-state index contributed by atoms with van der Waals surface area (Å²) in [5.74, 6) is -0.147. The fraction of sp³-hybridized carbons (Fsp3) is 0.179. The number of carbonyl (C=O) groups excluding carboxylic acids is 2. The van der Waals surface area contributed by atoms with Gasteiger partial charge >= 0.3 is 5.97 Å². The first kappa shape index (κ1) is 24.5. The Balaban J connectivity index is 1.84. The number of hydrogen-bond acceptors (Lipinski definition) is 7. The molecule has 8 heteroatoms. The summed E-state index contributed by atoms with van der Waals surface area (Å²) >= 11 is 0. The molecule has 0 saturated heterocycles. The van der Waals surface area contributed by atoms with Crippen molar-refractivity contribution in [2.24, 2.45) is 5.16 Å². The monoisotopic (exact) mass is 486 g/mol. The Kier molecular flexibility index (Phi) is 7.34. The summed E-state index contributed by atoms with van der Waals surface area (Å²) in [7, 11) is 2.97. The van der Waals surface area contributed by atoms with Gasteiger partial charge in [-0.2, -0.15) is 0 Å². The summed E-state index contributed by atoms with van der Waals surface area (Å²) in [5.41, 5.74) is 2.89. The lowest BCUT2D eigenvalue weighted by Gasteiger charge is -2.27. The molecule has 1 unspecified atom stereocenters. The van der Waals surface area contributed by atoms with Crippen molar-refractivity contribution >= 4 is 23.3 Å². The Morgan fingerprint density at radius 1 is 0.917 bits per heavy atom. The molecule has 0 saturated carbocycles. The predicted octanol–water partition coefficient (Wildman–Crippen LogP) is 4.74. The molecule has 0 spiro atoms. The van der Waals surface area contributed by atoms with Gasteiger partial charge in [0.05, 0.1) is 38.0 Å². The molecule has 1 N–H and O–H groups in total. The lowest BCUT2D eigenvalue weighted by atomic mass is 9.92. The van der Waals surface area contributed by atoms with Crippen molar-refractivity contribution < 1.29 is 29.0 Å². The number of carbonyl (C=O) groups is 2. The molecule has 1 aliphatic heterocycles. The third kappa shape index (κ3) is 4.53. The molecule has 4 rings (SSSR count). The van der Waals surface area contributed by atoms with Crippen LogP contribution in [0.15, 0.2) is 95.4 Å². The number of ether oxygens (including phenoxy) is 3. The van der Waals surface area contributed by atoms with Crippen LogP contribution in [0.1, 0.15) is 34.5 Å². The van der Waals surface area contributed by atoms with Crippen molar-refractivity contribution in [2.45, 2.75) is 13.0 Å². The average molecular weight is 487 g/mol. The maximum atomic E-state index is 13.7. The molecule has 1 amide bonds. The van der Waals surface area contributed by atoms with Crippen LogP contribution in [0.5, 0.6) is 5.75 Å². The molecule has 0 bridgehead atoms. The number of esters is 1. The maximum Gasteiger partial charge on any atom is 0.338 e. The van der Waals surface area contributed by atoms with E-state index in [0.717, 1.165) is 5.56 Å². The minimum Gasteiger partial charge on any atom is -0.497 e. The van der Waals surface area contributed by atoms with Gasteiger partial charge in [-0.1, -0.05) is 35.5 Å². The number of amides is 1. The summed E-state index contributed by atoms with van der Waals surface area (Å²) in [5, 5.41) is 13.7. The number of methoxy groups -OCH3 is 2. The van der Waals surface area contributed by atoms with Crippen molar-refractivity contribution in [2.75, 3.05) is 25.7 Å². The predicted molar refractivity (Wildman–Crippen MR) is 134 cm³/mol. The van der Waals surface area contributed by atoms with Gasteiger partial charge in [-0.15, -0.1) is 0 Å². The highest BCUT2D eigenvalue weighted by Gasteiger charge is 2.44. The first-order chi connectivity index (χ1) is 17.5. The van der Waals surface area contributed by atoms with E-state index in [4.69, 9.17) is 14.2 Å². The highest BCUT2D eigenvalue weighted by atomic mass is 16.5. The van der Waals surface area contributed by atoms with Crippen LogP contribution in [0, 0.1) is 0 Å². The lowest BCUT2D eigenvalue weighted by molar-refractivity contribution is -0.117. The summed E-state index contributed by atoms with van der Waals surface area (Å²) in [6, 6.07) is 22.3. The van der Waals surface area contributed by atoms with E-state index < -0.39 is 17.9 Å².